The summed E-state index contributed by atoms with van der Waals surface area (Å²) >= 11 is 3.39. The molecular formula is C12H17BrO4. The fourth-order valence-electron chi connectivity index (χ4n) is 1.44. The van der Waals surface area contributed by atoms with Crippen LogP contribution in [0.2, 0.25) is 0 Å². The van der Waals surface area contributed by atoms with Gasteiger partial charge in [0, 0.05) is 16.6 Å². The second kappa shape index (κ2) is 6.83. The van der Waals surface area contributed by atoms with E-state index < -0.39 is 6.10 Å². The van der Waals surface area contributed by atoms with Crippen molar-refractivity contribution < 1.29 is 19.3 Å². The van der Waals surface area contributed by atoms with Crippen LogP contribution in [0, 0.1) is 0 Å². The van der Waals surface area contributed by atoms with Crippen molar-refractivity contribution in [2.24, 2.45) is 0 Å². The molecule has 1 rings (SSSR count). The minimum Gasteiger partial charge on any atom is -0.493 e. The molecule has 0 saturated heterocycles. The molecule has 0 aliphatic heterocycles. The van der Waals surface area contributed by atoms with E-state index in [4.69, 9.17) is 14.2 Å². The molecule has 4 nitrogen and oxygen atoms in total. The molecule has 0 bridgehead atoms. The van der Waals surface area contributed by atoms with Crippen LogP contribution in [0.4, 0.5) is 0 Å². The lowest BCUT2D eigenvalue weighted by Crippen LogP contribution is -2.08. The SMILES string of the molecule is CCOCC(O)c1cc(OC)c(OC)cc1Br. The van der Waals surface area contributed by atoms with E-state index in [0.717, 1.165) is 10.0 Å². The predicted octanol–water partition coefficient (Wildman–Crippen LogP) is 2.54. The molecule has 17 heavy (non-hydrogen) atoms. The number of halogens is 1. The minimum absolute atomic E-state index is 0.255. The Hall–Kier alpha value is -0.780. The summed E-state index contributed by atoms with van der Waals surface area (Å²) in [5, 5.41) is 9.96. The molecule has 0 spiro atoms. The van der Waals surface area contributed by atoms with Gasteiger partial charge < -0.3 is 19.3 Å². The lowest BCUT2D eigenvalue weighted by Gasteiger charge is -2.16. The van der Waals surface area contributed by atoms with Crippen LogP contribution < -0.4 is 9.47 Å². The standard InChI is InChI=1S/C12H17BrO4/c1-4-17-7-10(14)8-5-11(15-2)12(16-3)6-9(8)13/h5-6,10,14H,4,7H2,1-3H3. The lowest BCUT2D eigenvalue weighted by molar-refractivity contribution is 0.0415. The summed E-state index contributed by atoms with van der Waals surface area (Å²) < 4.78 is 16.3. The van der Waals surface area contributed by atoms with Gasteiger partial charge in [-0.15, -0.1) is 0 Å². The summed E-state index contributed by atoms with van der Waals surface area (Å²) in [5.74, 6) is 1.20. The molecule has 0 aliphatic rings. The third kappa shape index (κ3) is 3.59. The summed E-state index contributed by atoms with van der Waals surface area (Å²) in [6, 6.07) is 3.51. The molecule has 0 amide bonds. The number of rotatable bonds is 6. The molecule has 0 fully saturated rings. The number of benzene rings is 1. The van der Waals surface area contributed by atoms with E-state index in [0.29, 0.717) is 18.1 Å². The maximum atomic E-state index is 9.96. The number of aliphatic hydroxyl groups is 1. The second-order valence-electron chi connectivity index (χ2n) is 3.40. The average Bonchev–Trinajstić information content (AvgIpc) is 2.35. The van der Waals surface area contributed by atoms with Crippen LogP contribution in [0.3, 0.4) is 0 Å². The molecule has 96 valence electrons. The first-order valence-corrected chi connectivity index (χ1v) is 6.10. The Morgan fingerprint density at radius 1 is 1.24 bits per heavy atom. The lowest BCUT2D eigenvalue weighted by atomic mass is 10.1. The topological polar surface area (TPSA) is 47.9 Å². The monoisotopic (exact) mass is 304 g/mol. The van der Waals surface area contributed by atoms with Gasteiger partial charge in [0.2, 0.25) is 0 Å². The first-order chi connectivity index (χ1) is 8.13. The number of hydrogen-bond acceptors (Lipinski definition) is 4. The van der Waals surface area contributed by atoms with Gasteiger partial charge in [0.05, 0.1) is 20.8 Å². The summed E-state index contributed by atoms with van der Waals surface area (Å²) in [7, 11) is 3.13. The fraction of sp³-hybridized carbons (Fsp3) is 0.500. The van der Waals surface area contributed by atoms with Crippen LogP contribution in [0.15, 0.2) is 16.6 Å². The first kappa shape index (κ1) is 14.3. The van der Waals surface area contributed by atoms with Gasteiger partial charge in [0.1, 0.15) is 6.10 Å². The van der Waals surface area contributed by atoms with Crippen molar-refractivity contribution in [2.45, 2.75) is 13.0 Å². The van der Waals surface area contributed by atoms with Gasteiger partial charge in [0.25, 0.3) is 0 Å². The van der Waals surface area contributed by atoms with Crippen LogP contribution in [0.1, 0.15) is 18.6 Å². The molecule has 1 aromatic carbocycles. The number of aliphatic hydroxyl groups excluding tert-OH is 1. The van der Waals surface area contributed by atoms with Crippen molar-refractivity contribution in [2.75, 3.05) is 27.4 Å². The van der Waals surface area contributed by atoms with E-state index in [1.165, 1.54) is 0 Å². The Balaban J connectivity index is 2.99. The van der Waals surface area contributed by atoms with Gasteiger partial charge in [-0.1, -0.05) is 15.9 Å². The highest BCUT2D eigenvalue weighted by Gasteiger charge is 2.16. The zero-order valence-electron chi connectivity index (χ0n) is 10.2. The molecule has 0 heterocycles. The molecule has 0 aliphatic carbocycles. The van der Waals surface area contributed by atoms with Crippen LogP contribution in [0.5, 0.6) is 11.5 Å². The molecule has 1 atom stereocenters. The second-order valence-corrected chi connectivity index (χ2v) is 4.26. The smallest absolute Gasteiger partial charge is 0.161 e. The molecule has 0 aromatic heterocycles. The van der Waals surface area contributed by atoms with E-state index in [9.17, 15) is 5.11 Å². The third-order valence-electron chi connectivity index (χ3n) is 2.34. The van der Waals surface area contributed by atoms with Crippen molar-refractivity contribution >= 4 is 15.9 Å². The van der Waals surface area contributed by atoms with Gasteiger partial charge in [0.15, 0.2) is 11.5 Å². The Morgan fingerprint density at radius 3 is 2.35 bits per heavy atom. The van der Waals surface area contributed by atoms with E-state index in [2.05, 4.69) is 15.9 Å². The van der Waals surface area contributed by atoms with Crippen molar-refractivity contribution in [1.29, 1.82) is 0 Å². The molecule has 1 unspecified atom stereocenters. The largest absolute Gasteiger partial charge is 0.493 e. The zero-order valence-corrected chi connectivity index (χ0v) is 11.8. The van der Waals surface area contributed by atoms with Gasteiger partial charge in [-0.3, -0.25) is 0 Å². The Bertz CT molecular complexity index is 368. The predicted molar refractivity (Wildman–Crippen MR) is 68.7 cm³/mol. The number of ether oxygens (including phenoxy) is 3. The van der Waals surface area contributed by atoms with Crippen molar-refractivity contribution in [3.8, 4) is 11.5 Å². The summed E-state index contributed by atoms with van der Waals surface area (Å²) in [5.41, 5.74) is 0.719. The van der Waals surface area contributed by atoms with Gasteiger partial charge in [-0.2, -0.15) is 0 Å². The van der Waals surface area contributed by atoms with Gasteiger partial charge in [-0.25, -0.2) is 0 Å². The third-order valence-corrected chi connectivity index (χ3v) is 3.03. The van der Waals surface area contributed by atoms with E-state index in [-0.39, 0.29) is 6.61 Å². The molecule has 1 aromatic rings. The molecular weight excluding hydrogens is 288 g/mol. The maximum absolute atomic E-state index is 9.96. The van der Waals surface area contributed by atoms with Gasteiger partial charge in [-0.05, 0) is 19.1 Å². The van der Waals surface area contributed by atoms with Crippen LogP contribution >= 0.6 is 15.9 Å². The molecule has 0 saturated carbocycles. The minimum atomic E-state index is -0.691. The van der Waals surface area contributed by atoms with E-state index in [1.807, 2.05) is 6.92 Å². The van der Waals surface area contributed by atoms with E-state index >= 15 is 0 Å². The van der Waals surface area contributed by atoms with E-state index in [1.54, 1.807) is 26.4 Å². The van der Waals surface area contributed by atoms with Crippen LogP contribution in [-0.2, 0) is 4.74 Å². The fourth-order valence-corrected chi connectivity index (χ4v) is 2.03. The quantitative estimate of drug-likeness (QED) is 0.877. The number of hydrogen-bond donors (Lipinski definition) is 1. The zero-order chi connectivity index (χ0) is 12.8. The molecule has 5 heteroatoms. The Labute approximate surface area is 110 Å². The first-order valence-electron chi connectivity index (χ1n) is 5.31. The number of methoxy groups -OCH3 is 2. The Kier molecular flexibility index (Phi) is 5.74. The van der Waals surface area contributed by atoms with Crippen LogP contribution in [0.25, 0.3) is 0 Å². The molecule has 1 N–H and O–H groups in total. The van der Waals surface area contributed by atoms with Crippen LogP contribution in [-0.4, -0.2) is 32.5 Å². The summed E-state index contributed by atoms with van der Waals surface area (Å²) in [6.07, 6.45) is -0.691. The molecule has 0 radical (unpaired) electrons. The van der Waals surface area contributed by atoms with Crippen molar-refractivity contribution in [3.63, 3.8) is 0 Å². The summed E-state index contributed by atoms with van der Waals surface area (Å²) in [6.45, 7) is 2.71. The average molecular weight is 305 g/mol. The van der Waals surface area contributed by atoms with Crippen molar-refractivity contribution in [1.82, 2.24) is 0 Å². The highest BCUT2D eigenvalue weighted by molar-refractivity contribution is 9.10. The van der Waals surface area contributed by atoms with Gasteiger partial charge >= 0.3 is 0 Å². The normalized spacial score (nSPS) is 12.3. The Morgan fingerprint density at radius 2 is 1.82 bits per heavy atom. The summed E-state index contributed by atoms with van der Waals surface area (Å²) in [4.78, 5) is 0. The maximum Gasteiger partial charge on any atom is 0.161 e. The highest BCUT2D eigenvalue weighted by Crippen LogP contribution is 2.36. The van der Waals surface area contributed by atoms with Crippen molar-refractivity contribution in [3.05, 3.63) is 22.2 Å². The highest BCUT2D eigenvalue weighted by atomic mass is 79.9.